The standard InChI is InChI=1S/C22H23FN2O4S/c1-15-7-8-16(23)13-17(15)21-24-25(20(26)14-28-12-11-27-2)22(30-21)9-10-29-19-6-4-3-5-18(19)22/h3-8,13H,9-12,14H2,1-2H3. The van der Waals surface area contributed by atoms with Crippen molar-refractivity contribution in [1.82, 2.24) is 5.01 Å². The van der Waals surface area contributed by atoms with Gasteiger partial charge >= 0.3 is 0 Å². The maximum atomic E-state index is 14.0. The average Bonchev–Trinajstić information content (AvgIpc) is 3.13. The summed E-state index contributed by atoms with van der Waals surface area (Å²) in [5, 5.41) is 6.76. The Labute approximate surface area is 179 Å². The molecule has 1 spiro atoms. The first-order chi connectivity index (χ1) is 14.5. The van der Waals surface area contributed by atoms with Crippen molar-refractivity contribution < 1.29 is 23.4 Å². The summed E-state index contributed by atoms with van der Waals surface area (Å²) in [6.07, 6.45) is 0.555. The molecule has 0 saturated heterocycles. The van der Waals surface area contributed by atoms with E-state index in [-0.39, 0.29) is 18.3 Å². The molecule has 0 aliphatic carbocycles. The van der Waals surface area contributed by atoms with E-state index in [0.29, 0.717) is 36.8 Å². The number of aryl methyl sites for hydroxylation is 1. The lowest BCUT2D eigenvalue weighted by Gasteiger charge is -2.39. The maximum absolute atomic E-state index is 14.0. The normalized spacial score (nSPS) is 20.1. The van der Waals surface area contributed by atoms with E-state index in [0.717, 1.165) is 16.9 Å². The molecule has 1 atom stereocenters. The molecule has 0 saturated carbocycles. The number of ether oxygens (including phenoxy) is 3. The molecule has 2 aliphatic heterocycles. The van der Waals surface area contributed by atoms with Gasteiger partial charge in [0.05, 0.1) is 19.8 Å². The molecule has 1 unspecified atom stereocenters. The fourth-order valence-electron chi connectivity index (χ4n) is 3.62. The monoisotopic (exact) mass is 430 g/mol. The van der Waals surface area contributed by atoms with Gasteiger partial charge in [0.2, 0.25) is 0 Å². The fraction of sp³-hybridized carbons (Fsp3) is 0.364. The highest BCUT2D eigenvalue weighted by atomic mass is 32.2. The van der Waals surface area contributed by atoms with E-state index in [1.807, 2.05) is 31.2 Å². The Kier molecular flexibility index (Phi) is 6.08. The third kappa shape index (κ3) is 3.82. The minimum Gasteiger partial charge on any atom is -0.493 e. The van der Waals surface area contributed by atoms with Crippen molar-refractivity contribution >= 4 is 22.7 Å². The number of thioether (sulfide) groups is 1. The first kappa shape index (κ1) is 20.8. The summed E-state index contributed by atoms with van der Waals surface area (Å²) in [4.78, 5) is 12.4. The van der Waals surface area contributed by atoms with E-state index >= 15 is 0 Å². The predicted molar refractivity (Wildman–Crippen MR) is 113 cm³/mol. The zero-order valence-corrected chi connectivity index (χ0v) is 17.7. The number of fused-ring (bicyclic) bond motifs is 2. The molecule has 1 amide bonds. The SMILES string of the molecule is COCCOCC(=O)N1N=C(c2cc(F)ccc2C)SC12CCOc1ccccc12. The molecule has 0 N–H and O–H groups in total. The van der Waals surface area contributed by atoms with Crippen LogP contribution in [0.25, 0.3) is 0 Å². The molecule has 0 fully saturated rings. The van der Waals surface area contributed by atoms with E-state index in [4.69, 9.17) is 14.2 Å². The van der Waals surface area contributed by atoms with Crippen LogP contribution < -0.4 is 4.74 Å². The molecule has 4 rings (SSSR count). The van der Waals surface area contributed by atoms with E-state index < -0.39 is 4.87 Å². The number of benzene rings is 2. The Bertz CT molecular complexity index is 983. The summed E-state index contributed by atoms with van der Waals surface area (Å²) >= 11 is 1.46. The first-order valence-corrected chi connectivity index (χ1v) is 10.5. The molecular weight excluding hydrogens is 407 g/mol. The molecule has 0 aromatic heterocycles. The second kappa shape index (κ2) is 8.75. The zero-order chi connectivity index (χ0) is 21.1. The van der Waals surface area contributed by atoms with Crippen molar-refractivity contribution in [2.24, 2.45) is 5.10 Å². The lowest BCUT2D eigenvalue weighted by atomic mass is 9.99. The molecule has 158 valence electrons. The first-order valence-electron chi connectivity index (χ1n) is 9.71. The Hall–Kier alpha value is -2.42. The average molecular weight is 431 g/mol. The summed E-state index contributed by atoms with van der Waals surface area (Å²) < 4.78 is 30.2. The zero-order valence-electron chi connectivity index (χ0n) is 16.9. The van der Waals surface area contributed by atoms with Crippen LogP contribution in [0.5, 0.6) is 5.75 Å². The number of halogens is 1. The smallest absolute Gasteiger partial charge is 0.270 e. The lowest BCUT2D eigenvalue weighted by Crippen LogP contribution is -2.46. The van der Waals surface area contributed by atoms with Gasteiger partial charge < -0.3 is 14.2 Å². The number of methoxy groups -OCH3 is 1. The van der Waals surface area contributed by atoms with Gasteiger partial charge in [-0.05, 0) is 30.7 Å². The van der Waals surface area contributed by atoms with Crippen molar-refractivity contribution in [3.05, 3.63) is 65.0 Å². The van der Waals surface area contributed by atoms with E-state index in [2.05, 4.69) is 5.10 Å². The third-order valence-electron chi connectivity index (χ3n) is 5.13. The van der Waals surface area contributed by atoms with Crippen LogP contribution in [0.1, 0.15) is 23.1 Å². The minimum absolute atomic E-state index is 0.117. The highest BCUT2D eigenvalue weighted by Crippen LogP contribution is 2.54. The van der Waals surface area contributed by atoms with E-state index in [1.165, 1.54) is 28.9 Å². The Morgan fingerprint density at radius 2 is 2.13 bits per heavy atom. The minimum atomic E-state index is -0.759. The van der Waals surface area contributed by atoms with Crippen LogP contribution in [0.2, 0.25) is 0 Å². The number of hydrogen-bond acceptors (Lipinski definition) is 6. The quantitative estimate of drug-likeness (QED) is 0.655. The highest BCUT2D eigenvalue weighted by Gasteiger charge is 2.51. The van der Waals surface area contributed by atoms with Crippen LogP contribution in [-0.2, 0) is 19.1 Å². The second-order valence-electron chi connectivity index (χ2n) is 7.10. The molecule has 8 heteroatoms. The number of hydrogen-bond donors (Lipinski definition) is 0. The van der Waals surface area contributed by atoms with Crippen LogP contribution in [0, 0.1) is 12.7 Å². The maximum Gasteiger partial charge on any atom is 0.270 e. The summed E-state index contributed by atoms with van der Waals surface area (Å²) in [5.74, 6) is 0.120. The van der Waals surface area contributed by atoms with Gasteiger partial charge in [-0.25, -0.2) is 9.40 Å². The van der Waals surface area contributed by atoms with E-state index in [9.17, 15) is 9.18 Å². The molecule has 30 heavy (non-hydrogen) atoms. The van der Waals surface area contributed by atoms with Crippen LogP contribution in [0.4, 0.5) is 4.39 Å². The number of para-hydroxylation sites is 1. The number of hydrazone groups is 1. The van der Waals surface area contributed by atoms with Gasteiger partial charge in [-0.2, -0.15) is 5.10 Å². The topological polar surface area (TPSA) is 60.4 Å². The number of carbonyl (C=O) groups is 1. The van der Waals surface area contributed by atoms with Gasteiger partial charge in [0.25, 0.3) is 5.91 Å². The van der Waals surface area contributed by atoms with Gasteiger partial charge in [-0.1, -0.05) is 36.0 Å². The van der Waals surface area contributed by atoms with Gasteiger partial charge in [0, 0.05) is 24.7 Å². The van der Waals surface area contributed by atoms with Crippen molar-refractivity contribution in [3.63, 3.8) is 0 Å². The lowest BCUT2D eigenvalue weighted by molar-refractivity contribution is -0.140. The van der Waals surface area contributed by atoms with Gasteiger partial charge in [0.15, 0.2) is 0 Å². The van der Waals surface area contributed by atoms with Crippen LogP contribution >= 0.6 is 11.8 Å². The molecule has 0 radical (unpaired) electrons. The van der Waals surface area contributed by atoms with Crippen LogP contribution in [0.3, 0.4) is 0 Å². The van der Waals surface area contributed by atoms with Gasteiger partial charge in [0.1, 0.15) is 28.1 Å². The van der Waals surface area contributed by atoms with Crippen molar-refractivity contribution in [2.45, 2.75) is 18.2 Å². The number of rotatable bonds is 6. The highest BCUT2D eigenvalue weighted by molar-refractivity contribution is 8.15. The molecular formula is C22H23FN2O4S. The summed E-state index contributed by atoms with van der Waals surface area (Å²) in [6.45, 7) is 2.95. The molecule has 6 nitrogen and oxygen atoms in total. The van der Waals surface area contributed by atoms with E-state index in [1.54, 1.807) is 13.2 Å². The molecule has 2 heterocycles. The molecule has 2 aromatic carbocycles. The summed E-state index contributed by atoms with van der Waals surface area (Å²) in [5.41, 5.74) is 2.45. The van der Waals surface area contributed by atoms with Crippen molar-refractivity contribution in [2.75, 3.05) is 33.5 Å². The van der Waals surface area contributed by atoms with Crippen LogP contribution in [0.15, 0.2) is 47.6 Å². The number of amides is 1. The number of nitrogens with zero attached hydrogens (tertiary/aromatic N) is 2. The van der Waals surface area contributed by atoms with Crippen LogP contribution in [-0.4, -0.2) is 49.5 Å². The summed E-state index contributed by atoms with van der Waals surface area (Å²) in [6, 6.07) is 12.3. The van der Waals surface area contributed by atoms with Gasteiger partial charge in [-0.15, -0.1) is 0 Å². The van der Waals surface area contributed by atoms with Crippen molar-refractivity contribution in [3.8, 4) is 5.75 Å². The molecule has 2 aromatic rings. The van der Waals surface area contributed by atoms with Gasteiger partial charge in [-0.3, -0.25) is 4.79 Å². The van der Waals surface area contributed by atoms with Crippen molar-refractivity contribution in [1.29, 1.82) is 0 Å². The second-order valence-corrected chi connectivity index (χ2v) is 8.36. The Balaban J connectivity index is 1.73. The molecule has 2 aliphatic rings. The third-order valence-corrected chi connectivity index (χ3v) is 6.56. The molecule has 0 bridgehead atoms. The predicted octanol–water partition coefficient (Wildman–Crippen LogP) is 3.67. The fourth-order valence-corrected chi connectivity index (χ4v) is 5.09. The Morgan fingerprint density at radius 3 is 2.97 bits per heavy atom. The largest absolute Gasteiger partial charge is 0.493 e. The number of carbonyl (C=O) groups excluding carboxylic acids is 1. The Morgan fingerprint density at radius 1 is 1.30 bits per heavy atom. The summed E-state index contributed by atoms with van der Waals surface area (Å²) in [7, 11) is 1.58.